The van der Waals surface area contributed by atoms with Gasteiger partial charge in [0.15, 0.2) is 0 Å². The van der Waals surface area contributed by atoms with Crippen molar-refractivity contribution in [3.63, 3.8) is 0 Å². The van der Waals surface area contributed by atoms with Crippen LogP contribution in [0.4, 0.5) is 5.82 Å². The monoisotopic (exact) mass is 420 g/mol. The van der Waals surface area contributed by atoms with E-state index in [0.717, 1.165) is 16.5 Å². The number of carbonyl (C=O) groups excluding carboxylic acids is 1. The van der Waals surface area contributed by atoms with E-state index in [2.05, 4.69) is 15.3 Å². The molecule has 0 saturated carbocycles. The van der Waals surface area contributed by atoms with Crippen molar-refractivity contribution in [2.45, 2.75) is 25.7 Å². The lowest BCUT2D eigenvalue weighted by Crippen LogP contribution is -2.14. The largest absolute Gasteiger partial charge is 0.311 e. The van der Waals surface area contributed by atoms with E-state index < -0.39 is 10.0 Å². The number of carbonyl (C=O) groups is 1. The Morgan fingerprint density at radius 2 is 1.83 bits per heavy atom. The van der Waals surface area contributed by atoms with Crippen molar-refractivity contribution in [3.8, 4) is 11.1 Å². The molecule has 0 saturated heterocycles. The van der Waals surface area contributed by atoms with Crippen LogP contribution >= 0.6 is 0 Å². The summed E-state index contributed by atoms with van der Waals surface area (Å²) in [6.07, 6.45) is 4.85. The molecule has 0 aliphatic carbocycles. The van der Waals surface area contributed by atoms with Crippen LogP contribution in [0.15, 0.2) is 66.0 Å². The number of hydrogen-bond acceptors (Lipinski definition) is 5. The summed E-state index contributed by atoms with van der Waals surface area (Å²) in [7, 11) is -3.79. The van der Waals surface area contributed by atoms with E-state index in [1.807, 2.05) is 6.07 Å². The van der Waals surface area contributed by atoms with E-state index in [1.54, 1.807) is 68.8 Å². The Morgan fingerprint density at radius 1 is 1.07 bits per heavy atom. The molecule has 4 aromatic rings. The Morgan fingerprint density at radius 3 is 2.57 bits per heavy atom. The number of nitrogens with zero attached hydrogens (tertiary/aromatic N) is 3. The number of fused-ring (bicyclic) bond motifs is 1. The summed E-state index contributed by atoms with van der Waals surface area (Å²) in [6, 6.07) is 12.2. The Labute approximate surface area is 174 Å². The number of anilines is 1. The third kappa shape index (κ3) is 3.35. The van der Waals surface area contributed by atoms with Gasteiger partial charge in [-0.05, 0) is 49.2 Å². The van der Waals surface area contributed by atoms with E-state index in [-0.39, 0.29) is 10.8 Å². The van der Waals surface area contributed by atoms with Gasteiger partial charge < -0.3 is 5.32 Å². The Hall–Kier alpha value is -3.52. The average molecular weight is 420 g/mol. The highest BCUT2D eigenvalue weighted by molar-refractivity contribution is 7.90. The minimum absolute atomic E-state index is 0.220. The number of amides is 1. The number of aromatic nitrogens is 3. The fourth-order valence-electron chi connectivity index (χ4n) is 3.51. The summed E-state index contributed by atoms with van der Waals surface area (Å²) < 4.78 is 28.0. The van der Waals surface area contributed by atoms with Gasteiger partial charge in [0, 0.05) is 36.5 Å². The maximum absolute atomic E-state index is 13.4. The molecule has 30 heavy (non-hydrogen) atoms. The average Bonchev–Trinajstić information content (AvgIpc) is 3.15. The van der Waals surface area contributed by atoms with Crippen molar-refractivity contribution >= 4 is 32.7 Å². The van der Waals surface area contributed by atoms with Crippen molar-refractivity contribution in [1.82, 2.24) is 13.9 Å². The van der Waals surface area contributed by atoms with Gasteiger partial charge in [0.1, 0.15) is 5.82 Å². The smallest absolute Gasteiger partial charge is 0.268 e. The number of pyridine rings is 2. The van der Waals surface area contributed by atoms with Gasteiger partial charge in [-0.15, -0.1) is 0 Å². The highest BCUT2D eigenvalue weighted by Gasteiger charge is 2.23. The molecule has 0 aliphatic heterocycles. The van der Waals surface area contributed by atoms with Gasteiger partial charge in [0.2, 0.25) is 5.91 Å². The van der Waals surface area contributed by atoms with Gasteiger partial charge in [0.05, 0.1) is 16.1 Å². The van der Waals surface area contributed by atoms with Crippen LogP contribution in [0, 0.1) is 13.8 Å². The molecule has 0 fully saturated rings. The van der Waals surface area contributed by atoms with Crippen LogP contribution in [-0.4, -0.2) is 28.3 Å². The molecule has 4 rings (SSSR count). The van der Waals surface area contributed by atoms with Gasteiger partial charge in [-0.2, -0.15) is 0 Å². The van der Waals surface area contributed by atoms with E-state index in [0.29, 0.717) is 22.6 Å². The number of hydrogen-bond donors (Lipinski definition) is 1. The fraction of sp³-hybridized carbons (Fsp3) is 0.136. The van der Waals surface area contributed by atoms with Crippen molar-refractivity contribution < 1.29 is 13.2 Å². The molecule has 0 radical (unpaired) electrons. The molecule has 0 spiro atoms. The number of benzene rings is 1. The lowest BCUT2D eigenvalue weighted by molar-refractivity contribution is -0.114. The van der Waals surface area contributed by atoms with Gasteiger partial charge in [-0.1, -0.05) is 18.2 Å². The molecule has 3 aromatic heterocycles. The summed E-state index contributed by atoms with van der Waals surface area (Å²) in [6.45, 7) is 4.97. The van der Waals surface area contributed by atoms with Crippen LogP contribution in [0.5, 0.6) is 0 Å². The maximum Gasteiger partial charge on any atom is 0.268 e. The lowest BCUT2D eigenvalue weighted by Gasteiger charge is -2.12. The Bertz CT molecular complexity index is 1390. The second-order valence-corrected chi connectivity index (χ2v) is 8.80. The molecule has 1 N–H and O–H groups in total. The van der Waals surface area contributed by atoms with Crippen LogP contribution in [0.2, 0.25) is 0 Å². The first-order valence-corrected chi connectivity index (χ1v) is 10.7. The van der Waals surface area contributed by atoms with E-state index in [1.165, 1.54) is 10.9 Å². The zero-order valence-corrected chi connectivity index (χ0v) is 17.6. The number of aryl methyl sites for hydroxylation is 2. The van der Waals surface area contributed by atoms with Crippen LogP contribution in [0.1, 0.15) is 18.2 Å². The summed E-state index contributed by atoms with van der Waals surface area (Å²) in [4.78, 5) is 20.2. The molecule has 152 valence electrons. The van der Waals surface area contributed by atoms with Crippen LogP contribution in [0.3, 0.4) is 0 Å². The SMILES string of the molecule is CC(=O)Nc1cc(-c2cnc(C)c3c2ccn3S(=O)(=O)c2ccccc2C)ccn1. The number of nitrogens with one attached hydrogen (secondary N) is 1. The van der Waals surface area contributed by atoms with Crippen LogP contribution < -0.4 is 5.32 Å². The number of rotatable bonds is 4. The molecule has 1 aromatic carbocycles. The van der Waals surface area contributed by atoms with E-state index >= 15 is 0 Å². The summed E-state index contributed by atoms with van der Waals surface area (Å²) in [5.74, 6) is 0.197. The second-order valence-electron chi connectivity index (χ2n) is 7.01. The first kappa shape index (κ1) is 19.8. The van der Waals surface area contributed by atoms with Gasteiger partial charge in [-0.3, -0.25) is 9.78 Å². The molecular formula is C22H20N4O3S. The first-order valence-electron chi connectivity index (χ1n) is 9.31. The molecule has 3 heterocycles. The molecule has 7 nitrogen and oxygen atoms in total. The van der Waals surface area contributed by atoms with Gasteiger partial charge >= 0.3 is 0 Å². The predicted molar refractivity (Wildman–Crippen MR) is 116 cm³/mol. The van der Waals surface area contributed by atoms with Gasteiger partial charge in [0.25, 0.3) is 10.0 Å². The Balaban J connectivity index is 1.92. The van der Waals surface area contributed by atoms with Crippen molar-refractivity contribution in [2.24, 2.45) is 0 Å². The van der Waals surface area contributed by atoms with Crippen LogP contribution in [0.25, 0.3) is 22.0 Å². The Kier molecular flexibility index (Phi) is 4.87. The summed E-state index contributed by atoms with van der Waals surface area (Å²) in [5.41, 5.74) is 3.33. The topological polar surface area (TPSA) is 94.0 Å². The molecular weight excluding hydrogens is 400 g/mol. The fourth-order valence-corrected chi connectivity index (χ4v) is 5.14. The van der Waals surface area contributed by atoms with Crippen molar-refractivity contribution in [2.75, 3.05) is 5.32 Å². The first-order chi connectivity index (χ1) is 14.3. The summed E-state index contributed by atoms with van der Waals surface area (Å²) in [5, 5.41) is 3.41. The minimum atomic E-state index is -3.79. The lowest BCUT2D eigenvalue weighted by atomic mass is 10.0. The van der Waals surface area contributed by atoms with Gasteiger partial charge in [-0.25, -0.2) is 17.4 Å². The van der Waals surface area contributed by atoms with Crippen molar-refractivity contribution in [1.29, 1.82) is 0 Å². The van der Waals surface area contributed by atoms with E-state index in [9.17, 15) is 13.2 Å². The molecule has 8 heteroatoms. The zero-order chi connectivity index (χ0) is 21.5. The van der Waals surface area contributed by atoms with Crippen molar-refractivity contribution in [3.05, 3.63) is 72.3 Å². The third-order valence-corrected chi connectivity index (χ3v) is 6.71. The molecule has 1 amide bonds. The standard InChI is InChI=1S/C22H20N4O3S/c1-14-6-4-5-7-20(14)30(28,29)26-11-9-18-19(13-24-15(2)22(18)26)17-8-10-23-21(12-17)25-16(3)27/h4-13H,1-3H3,(H,23,25,27). The highest BCUT2D eigenvalue weighted by atomic mass is 32.2. The maximum atomic E-state index is 13.4. The quantitative estimate of drug-likeness (QED) is 0.540. The van der Waals surface area contributed by atoms with E-state index in [4.69, 9.17) is 0 Å². The second kappa shape index (κ2) is 7.38. The highest BCUT2D eigenvalue weighted by Crippen LogP contribution is 2.33. The normalized spacial score (nSPS) is 11.6. The predicted octanol–water partition coefficient (Wildman–Crippen LogP) is 3.91. The molecule has 0 bridgehead atoms. The third-order valence-electron chi connectivity index (χ3n) is 4.88. The minimum Gasteiger partial charge on any atom is -0.311 e. The summed E-state index contributed by atoms with van der Waals surface area (Å²) >= 11 is 0. The molecule has 0 unspecified atom stereocenters. The van der Waals surface area contributed by atoms with Crippen LogP contribution in [-0.2, 0) is 14.8 Å². The molecule has 0 aliphatic rings. The molecule has 0 atom stereocenters. The zero-order valence-electron chi connectivity index (χ0n) is 16.7.